The molecule has 1 saturated carbocycles. The second-order valence-corrected chi connectivity index (χ2v) is 6.97. The first-order valence-corrected chi connectivity index (χ1v) is 8.96. The number of hydrogen-bond acceptors (Lipinski definition) is 4. The van der Waals surface area contributed by atoms with Gasteiger partial charge in [-0.3, -0.25) is 9.48 Å². The van der Waals surface area contributed by atoms with Gasteiger partial charge < -0.3 is 10.1 Å². The molecule has 0 saturated heterocycles. The molecule has 1 atom stereocenters. The molecule has 24 heavy (non-hydrogen) atoms. The van der Waals surface area contributed by atoms with E-state index in [-0.39, 0.29) is 11.9 Å². The minimum absolute atomic E-state index is 0.0720. The Morgan fingerprint density at radius 3 is 2.96 bits per heavy atom. The number of amides is 1. The zero-order chi connectivity index (χ0) is 17.0. The van der Waals surface area contributed by atoms with Crippen molar-refractivity contribution in [2.45, 2.75) is 64.0 Å². The minimum Gasteiger partial charge on any atom is -0.383 e. The van der Waals surface area contributed by atoms with E-state index < -0.39 is 5.41 Å². The molecule has 0 aromatic carbocycles. The van der Waals surface area contributed by atoms with Crippen LogP contribution in [0.3, 0.4) is 0 Å². The third-order valence-electron chi connectivity index (χ3n) is 5.32. The van der Waals surface area contributed by atoms with Gasteiger partial charge in [-0.15, -0.1) is 0 Å². The predicted molar refractivity (Wildman–Crippen MR) is 89.1 cm³/mol. The third kappa shape index (κ3) is 3.32. The topological polar surface area (TPSA) is 79.9 Å². The van der Waals surface area contributed by atoms with Gasteiger partial charge >= 0.3 is 0 Å². The molecule has 0 spiro atoms. The lowest BCUT2D eigenvalue weighted by atomic mass is 9.74. The predicted octanol–water partition coefficient (Wildman–Crippen LogP) is 2.50. The number of aryl methyl sites for hydroxylation is 1. The molecular formula is C18H26N4O2. The van der Waals surface area contributed by atoms with E-state index in [4.69, 9.17) is 4.74 Å². The fourth-order valence-corrected chi connectivity index (χ4v) is 3.88. The van der Waals surface area contributed by atoms with Gasteiger partial charge in [0.15, 0.2) is 0 Å². The Kier molecular flexibility index (Phi) is 5.20. The monoisotopic (exact) mass is 330 g/mol. The summed E-state index contributed by atoms with van der Waals surface area (Å²) in [7, 11) is 1.68. The Balaban J connectivity index is 1.73. The molecule has 0 bridgehead atoms. The quantitative estimate of drug-likeness (QED) is 0.899. The first-order chi connectivity index (χ1) is 11.7. The normalized spacial score (nSPS) is 22.4. The first-order valence-electron chi connectivity index (χ1n) is 8.96. The molecule has 6 heteroatoms. The Morgan fingerprint density at radius 2 is 2.25 bits per heavy atom. The van der Waals surface area contributed by atoms with Crippen LogP contribution in [0.4, 0.5) is 0 Å². The Labute approximate surface area is 143 Å². The third-order valence-corrected chi connectivity index (χ3v) is 5.32. The van der Waals surface area contributed by atoms with Crippen molar-refractivity contribution < 1.29 is 9.53 Å². The first kappa shape index (κ1) is 17.0. The number of rotatable bonds is 5. The Hall–Kier alpha value is -1.87. The van der Waals surface area contributed by atoms with Gasteiger partial charge in [-0.25, -0.2) is 0 Å². The fraction of sp³-hybridized carbons (Fsp3) is 0.722. The number of carbonyl (C=O) groups is 1. The zero-order valence-corrected chi connectivity index (χ0v) is 14.4. The molecule has 2 aliphatic rings. The van der Waals surface area contributed by atoms with Crippen LogP contribution in [-0.2, 0) is 22.5 Å². The summed E-state index contributed by atoms with van der Waals surface area (Å²) in [6.07, 6.45) is 9.38. The number of hydrogen-bond donors (Lipinski definition) is 1. The van der Waals surface area contributed by atoms with Crippen molar-refractivity contribution in [2.24, 2.45) is 5.41 Å². The summed E-state index contributed by atoms with van der Waals surface area (Å²) in [6.45, 7) is 1.33. The van der Waals surface area contributed by atoms with Crippen LogP contribution in [0.25, 0.3) is 0 Å². The molecular weight excluding hydrogens is 304 g/mol. The van der Waals surface area contributed by atoms with Crippen LogP contribution >= 0.6 is 0 Å². The van der Waals surface area contributed by atoms with Crippen molar-refractivity contribution in [3.8, 4) is 6.07 Å². The highest BCUT2D eigenvalue weighted by Crippen LogP contribution is 2.37. The van der Waals surface area contributed by atoms with Crippen molar-refractivity contribution in [3.63, 3.8) is 0 Å². The maximum Gasteiger partial charge on any atom is 0.241 e. The van der Waals surface area contributed by atoms with Gasteiger partial charge in [0.2, 0.25) is 5.91 Å². The van der Waals surface area contributed by atoms with E-state index >= 15 is 0 Å². The average Bonchev–Trinajstić information content (AvgIpc) is 3.04. The van der Waals surface area contributed by atoms with Crippen LogP contribution in [0, 0.1) is 16.7 Å². The zero-order valence-electron chi connectivity index (χ0n) is 14.4. The largest absolute Gasteiger partial charge is 0.383 e. The second-order valence-electron chi connectivity index (χ2n) is 6.97. The Morgan fingerprint density at radius 1 is 1.46 bits per heavy atom. The van der Waals surface area contributed by atoms with Gasteiger partial charge in [0, 0.05) is 13.3 Å². The van der Waals surface area contributed by atoms with Crippen LogP contribution in [0.15, 0.2) is 6.20 Å². The van der Waals surface area contributed by atoms with Crippen molar-refractivity contribution in [2.75, 3.05) is 13.7 Å². The molecule has 1 fully saturated rings. The van der Waals surface area contributed by atoms with Crippen molar-refractivity contribution in [1.82, 2.24) is 15.1 Å². The summed E-state index contributed by atoms with van der Waals surface area (Å²) >= 11 is 0. The molecule has 2 aliphatic carbocycles. The van der Waals surface area contributed by atoms with Gasteiger partial charge in [0.1, 0.15) is 5.41 Å². The molecule has 1 aromatic heterocycles. The molecule has 1 heterocycles. The van der Waals surface area contributed by atoms with Gasteiger partial charge in [0.05, 0.1) is 31.0 Å². The smallest absolute Gasteiger partial charge is 0.241 e. The number of fused-ring (bicyclic) bond motifs is 1. The lowest BCUT2D eigenvalue weighted by Crippen LogP contribution is -2.43. The highest BCUT2D eigenvalue weighted by atomic mass is 16.5. The second kappa shape index (κ2) is 7.35. The molecule has 1 N–H and O–H groups in total. The van der Waals surface area contributed by atoms with Crippen LogP contribution in [-0.4, -0.2) is 29.4 Å². The highest BCUT2D eigenvalue weighted by molar-refractivity contribution is 5.85. The average molecular weight is 330 g/mol. The van der Waals surface area contributed by atoms with E-state index in [9.17, 15) is 10.1 Å². The molecule has 3 rings (SSSR count). The fourth-order valence-electron chi connectivity index (χ4n) is 3.88. The summed E-state index contributed by atoms with van der Waals surface area (Å²) in [5.74, 6) is -0.103. The highest BCUT2D eigenvalue weighted by Gasteiger charge is 2.41. The van der Waals surface area contributed by atoms with E-state index in [1.54, 1.807) is 7.11 Å². The SMILES string of the molecule is COCCn1cc2c(n1)[C@H](NC(=O)C1(C#N)CCCCC1)CCC2. The lowest BCUT2D eigenvalue weighted by Gasteiger charge is -2.32. The van der Waals surface area contributed by atoms with E-state index in [0.717, 1.165) is 44.2 Å². The van der Waals surface area contributed by atoms with Crippen molar-refractivity contribution in [1.29, 1.82) is 5.26 Å². The number of nitrogens with one attached hydrogen (secondary N) is 1. The molecule has 1 aromatic rings. The van der Waals surface area contributed by atoms with Crippen LogP contribution in [0.5, 0.6) is 0 Å². The van der Waals surface area contributed by atoms with Crippen LogP contribution < -0.4 is 5.32 Å². The van der Waals surface area contributed by atoms with Crippen LogP contribution in [0.1, 0.15) is 62.2 Å². The summed E-state index contributed by atoms with van der Waals surface area (Å²) in [6, 6.07) is 2.24. The number of carbonyl (C=O) groups excluding carboxylic acids is 1. The minimum atomic E-state index is -0.839. The van der Waals surface area contributed by atoms with E-state index in [1.807, 2.05) is 4.68 Å². The molecule has 0 aliphatic heterocycles. The van der Waals surface area contributed by atoms with Gasteiger partial charge in [-0.1, -0.05) is 19.3 Å². The summed E-state index contributed by atoms with van der Waals surface area (Å²) in [4.78, 5) is 12.8. The number of nitriles is 1. The molecule has 130 valence electrons. The van der Waals surface area contributed by atoms with Gasteiger partial charge in [-0.05, 0) is 37.7 Å². The maximum absolute atomic E-state index is 12.8. The summed E-state index contributed by atoms with van der Waals surface area (Å²) in [5, 5.41) is 17.4. The van der Waals surface area contributed by atoms with E-state index in [1.165, 1.54) is 5.56 Å². The Bertz CT molecular complexity index is 625. The van der Waals surface area contributed by atoms with E-state index in [2.05, 4.69) is 22.7 Å². The van der Waals surface area contributed by atoms with E-state index in [0.29, 0.717) is 26.0 Å². The number of aromatic nitrogens is 2. The maximum atomic E-state index is 12.8. The lowest BCUT2D eigenvalue weighted by molar-refractivity contribution is -0.130. The molecule has 1 amide bonds. The molecule has 0 radical (unpaired) electrons. The van der Waals surface area contributed by atoms with Crippen molar-refractivity contribution >= 4 is 5.91 Å². The number of nitrogens with zero attached hydrogens (tertiary/aromatic N) is 3. The molecule has 0 unspecified atom stereocenters. The molecule has 6 nitrogen and oxygen atoms in total. The number of ether oxygens (including phenoxy) is 1. The number of methoxy groups -OCH3 is 1. The van der Waals surface area contributed by atoms with Crippen LogP contribution in [0.2, 0.25) is 0 Å². The summed E-state index contributed by atoms with van der Waals surface area (Å²) < 4.78 is 7.01. The standard InChI is InChI=1S/C18H26N4O2/c1-24-11-10-22-12-14-6-5-7-15(16(14)21-22)20-17(23)18(13-19)8-3-2-4-9-18/h12,15H,2-11H2,1H3,(H,20,23)/t15-/m1/s1. The van der Waals surface area contributed by atoms with Gasteiger partial charge in [0.25, 0.3) is 0 Å². The van der Waals surface area contributed by atoms with Gasteiger partial charge in [-0.2, -0.15) is 10.4 Å². The van der Waals surface area contributed by atoms with Crippen molar-refractivity contribution in [3.05, 3.63) is 17.5 Å². The summed E-state index contributed by atoms with van der Waals surface area (Å²) in [5.41, 5.74) is 1.33.